The van der Waals surface area contributed by atoms with Gasteiger partial charge in [-0.2, -0.15) is 0 Å². The number of hydrogen-bond acceptors (Lipinski definition) is 7. The number of hydrogen-bond donors (Lipinski definition) is 2. The summed E-state index contributed by atoms with van der Waals surface area (Å²) in [5.41, 5.74) is 2.09. The standard InChI is InChI=1S/C26H26N4O5/c1-16-5-7-17(8-6-16)14-22-28-29-24(35-22)23(31)27-19-15-34-21-10-9-18(11-12-26(2,3)33)13-20(21)30(4)25(19)32/h5-10,13,19,33H,14-15H2,1-4H3,(H,27,31)/t19-/m0/s1. The lowest BCUT2D eigenvalue weighted by atomic mass is 10.1. The first-order valence-electron chi connectivity index (χ1n) is 11.1. The third-order valence-corrected chi connectivity index (χ3v) is 5.31. The molecule has 1 atom stereocenters. The lowest BCUT2D eigenvalue weighted by Gasteiger charge is -2.20. The highest BCUT2D eigenvalue weighted by Gasteiger charge is 2.32. The number of ether oxygens (including phenoxy) is 1. The normalized spacial score (nSPS) is 15.4. The molecule has 2 heterocycles. The van der Waals surface area contributed by atoms with Crippen LogP contribution in [0.4, 0.5) is 5.69 Å². The molecule has 0 aliphatic carbocycles. The van der Waals surface area contributed by atoms with Crippen LogP contribution in [0.2, 0.25) is 0 Å². The number of nitrogens with zero attached hydrogens (tertiary/aromatic N) is 3. The number of aromatic nitrogens is 2. The molecule has 9 nitrogen and oxygen atoms in total. The topological polar surface area (TPSA) is 118 Å². The number of fused-ring (bicyclic) bond motifs is 1. The molecule has 4 rings (SSSR count). The summed E-state index contributed by atoms with van der Waals surface area (Å²) in [6, 6.07) is 12.1. The molecule has 1 aliphatic rings. The van der Waals surface area contributed by atoms with Crippen molar-refractivity contribution >= 4 is 17.5 Å². The van der Waals surface area contributed by atoms with Crippen LogP contribution < -0.4 is 15.0 Å². The zero-order valence-corrected chi connectivity index (χ0v) is 20.0. The van der Waals surface area contributed by atoms with Crippen molar-refractivity contribution in [3.8, 4) is 17.6 Å². The molecule has 0 bridgehead atoms. The van der Waals surface area contributed by atoms with Crippen LogP contribution in [0.25, 0.3) is 0 Å². The smallest absolute Gasteiger partial charge is 0.309 e. The van der Waals surface area contributed by atoms with E-state index in [4.69, 9.17) is 9.15 Å². The maximum absolute atomic E-state index is 13.1. The Morgan fingerprint density at radius 1 is 1.23 bits per heavy atom. The van der Waals surface area contributed by atoms with Gasteiger partial charge in [0.1, 0.15) is 24.0 Å². The minimum atomic E-state index is -1.14. The van der Waals surface area contributed by atoms with Gasteiger partial charge in [-0.15, -0.1) is 10.2 Å². The maximum Gasteiger partial charge on any atom is 0.309 e. The Bertz CT molecular complexity index is 1310. The zero-order chi connectivity index (χ0) is 25.2. The monoisotopic (exact) mass is 474 g/mol. The van der Waals surface area contributed by atoms with Crippen LogP contribution in [-0.2, 0) is 11.2 Å². The fourth-order valence-corrected chi connectivity index (χ4v) is 3.42. The summed E-state index contributed by atoms with van der Waals surface area (Å²) in [4.78, 5) is 27.2. The number of benzene rings is 2. The number of carbonyl (C=O) groups is 2. The lowest BCUT2D eigenvalue weighted by Crippen LogP contribution is -2.49. The van der Waals surface area contributed by atoms with E-state index in [1.807, 2.05) is 31.2 Å². The van der Waals surface area contributed by atoms with E-state index in [-0.39, 0.29) is 18.4 Å². The summed E-state index contributed by atoms with van der Waals surface area (Å²) in [5.74, 6) is 5.14. The predicted molar refractivity (Wildman–Crippen MR) is 128 cm³/mol. The van der Waals surface area contributed by atoms with E-state index < -0.39 is 17.6 Å². The molecule has 1 aromatic heterocycles. The Labute approximate surface area is 203 Å². The van der Waals surface area contributed by atoms with E-state index in [2.05, 4.69) is 27.4 Å². The fourth-order valence-electron chi connectivity index (χ4n) is 3.42. The molecule has 2 amide bonds. The van der Waals surface area contributed by atoms with E-state index >= 15 is 0 Å². The molecular weight excluding hydrogens is 448 g/mol. The third-order valence-electron chi connectivity index (χ3n) is 5.31. The Kier molecular flexibility index (Phi) is 6.58. The van der Waals surface area contributed by atoms with Crippen LogP contribution in [0.5, 0.6) is 5.75 Å². The predicted octanol–water partition coefficient (Wildman–Crippen LogP) is 2.25. The number of aliphatic hydroxyl groups is 1. The van der Waals surface area contributed by atoms with Gasteiger partial charge in [-0.05, 0) is 44.5 Å². The number of amides is 2. The third kappa shape index (κ3) is 5.86. The first-order chi connectivity index (χ1) is 16.6. The molecule has 0 radical (unpaired) electrons. The quantitative estimate of drug-likeness (QED) is 0.557. The van der Waals surface area contributed by atoms with Crippen LogP contribution in [0, 0.1) is 18.8 Å². The Hall–Kier alpha value is -4.16. The molecule has 0 saturated heterocycles. The Balaban J connectivity index is 1.45. The molecule has 2 aromatic carbocycles. The van der Waals surface area contributed by atoms with Gasteiger partial charge in [0.25, 0.3) is 5.91 Å². The fraction of sp³-hybridized carbons (Fsp3) is 0.308. The zero-order valence-electron chi connectivity index (χ0n) is 20.0. The van der Waals surface area contributed by atoms with E-state index in [0.29, 0.717) is 29.3 Å². The number of aryl methyl sites for hydroxylation is 1. The van der Waals surface area contributed by atoms with Gasteiger partial charge in [-0.1, -0.05) is 41.7 Å². The van der Waals surface area contributed by atoms with Crippen molar-refractivity contribution in [1.29, 1.82) is 0 Å². The van der Waals surface area contributed by atoms with Crippen LogP contribution in [0.15, 0.2) is 46.9 Å². The van der Waals surface area contributed by atoms with Crippen LogP contribution in [-0.4, -0.2) is 52.4 Å². The summed E-state index contributed by atoms with van der Waals surface area (Å²) in [7, 11) is 1.59. The summed E-state index contributed by atoms with van der Waals surface area (Å²) >= 11 is 0. The average molecular weight is 475 g/mol. The number of carbonyl (C=O) groups excluding carboxylic acids is 2. The first kappa shape index (κ1) is 24.0. The van der Waals surface area contributed by atoms with Gasteiger partial charge in [0.2, 0.25) is 5.89 Å². The van der Waals surface area contributed by atoms with Gasteiger partial charge < -0.3 is 24.5 Å². The molecule has 0 spiro atoms. The van der Waals surface area contributed by atoms with Crippen LogP contribution in [0.1, 0.15) is 47.1 Å². The highest BCUT2D eigenvalue weighted by Crippen LogP contribution is 2.31. The molecule has 0 saturated carbocycles. The molecule has 0 fully saturated rings. The van der Waals surface area contributed by atoms with E-state index in [1.165, 1.54) is 4.90 Å². The number of likely N-dealkylation sites (N-methyl/N-ethyl adjacent to an activating group) is 1. The molecule has 1 aliphatic heterocycles. The summed E-state index contributed by atoms with van der Waals surface area (Å²) < 4.78 is 11.3. The maximum atomic E-state index is 13.1. The molecular formula is C26H26N4O5. The highest BCUT2D eigenvalue weighted by atomic mass is 16.5. The number of rotatable bonds is 4. The second-order valence-corrected chi connectivity index (χ2v) is 8.89. The van der Waals surface area contributed by atoms with Crippen LogP contribution in [0.3, 0.4) is 0 Å². The number of nitrogens with one attached hydrogen (secondary N) is 1. The highest BCUT2D eigenvalue weighted by molar-refractivity contribution is 6.02. The van der Waals surface area contributed by atoms with Crippen molar-refractivity contribution in [3.05, 3.63) is 70.9 Å². The van der Waals surface area contributed by atoms with Crippen molar-refractivity contribution < 1.29 is 23.8 Å². The number of anilines is 1. The second kappa shape index (κ2) is 9.60. The molecule has 9 heteroatoms. The SMILES string of the molecule is Cc1ccc(Cc2nnc(C(=O)N[C@H]3COc4ccc(C#CC(C)(C)O)cc4N(C)C3=O)o2)cc1. The average Bonchev–Trinajstić information content (AvgIpc) is 3.25. The van der Waals surface area contributed by atoms with Crippen molar-refractivity contribution in [3.63, 3.8) is 0 Å². The molecule has 180 valence electrons. The summed E-state index contributed by atoms with van der Waals surface area (Å²) in [6.07, 6.45) is 0.392. The van der Waals surface area contributed by atoms with Gasteiger partial charge in [-0.3, -0.25) is 9.59 Å². The second-order valence-electron chi connectivity index (χ2n) is 8.89. The Morgan fingerprint density at radius 2 is 1.97 bits per heavy atom. The minimum Gasteiger partial charge on any atom is -0.489 e. The van der Waals surface area contributed by atoms with Crippen molar-refractivity contribution in [2.24, 2.45) is 0 Å². The minimum absolute atomic E-state index is 0.0685. The van der Waals surface area contributed by atoms with E-state index in [1.54, 1.807) is 39.1 Å². The van der Waals surface area contributed by atoms with Gasteiger partial charge >= 0.3 is 11.8 Å². The summed E-state index contributed by atoms with van der Waals surface area (Å²) in [5, 5.41) is 20.2. The lowest BCUT2D eigenvalue weighted by molar-refractivity contribution is -0.120. The van der Waals surface area contributed by atoms with Crippen molar-refractivity contribution in [2.45, 2.75) is 38.8 Å². The first-order valence-corrected chi connectivity index (χ1v) is 11.1. The molecule has 35 heavy (non-hydrogen) atoms. The van der Waals surface area contributed by atoms with E-state index in [9.17, 15) is 14.7 Å². The van der Waals surface area contributed by atoms with Crippen LogP contribution >= 0.6 is 0 Å². The van der Waals surface area contributed by atoms with Gasteiger partial charge in [0.15, 0.2) is 0 Å². The van der Waals surface area contributed by atoms with Gasteiger partial charge in [-0.25, -0.2) is 0 Å². The molecule has 3 aromatic rings. The van der Waals surface area contributed by atoms with Crippen molar-refractivity contribution in [1.82, 2.24) is 15.5 Å². The molecule has 0 unspecified atom stereocenters. The Morgan fingerprint density at radius 3 is 2.69 bits per heavy atom. The van der Waals surface area contributed by atoms with Crippen molar-refractivity contribution in [2.75, 3.05) is 18.6 Å². The summed E-state index contributed by atoms with van der Waals surface area (Å²) in [6.45, 7) is 5.11. The largest absolute Gasteiger partial charge is 0.489 e. The van der Waals surface area contributed by atoms with Gasteiger partial charge in [0.05, 0.1) is 12.1 Å². The van der Waals surface area contributed by atoms with E-state index in [0.717, 1.165) is 11.1 Å². The molecule has 2 N–H and O–H groups in total. The van der Waals surface area contributed by atoms with Gasteiger partial charge in [0, 0.05) is 12.6 Å².